The minimum atomic E-state index is -0.526. The third-order valence-corrected chi connectivity index (χ3v) is 3.34. The van der Waals surface area contributed by atoms with Gasteiger partial charge in [-0.3, -0.25) is 9.78 Å². The van der Waals surface area contributed by atoms with Crippen LogP contribution in [-0.2, 0) is 6.54 Å². The number of amides is 1. The van der Waals surface area contributed by atoms with E-state index in [9.17, 15) is 9.18 Å². The molecule has 0 aliphatic rings. The van der Waals surface area contributed by atoms with Gasteiger partial charge in [-0.25, -0.2) is 4.39 Å². The molecule has 0 saturated heterocycles. The normalized spacial score (nSPS) is 10.4. The molecule has 0 atom stereocenters. The SMILES string of the molecule is Cc1cccc(CN(C)C(=O)c2cc(Br)ccc2F)n1. The van der Waals surface area contributed by atoms with Gasteiger partial charge in [-0.05, 0) is 37.3 Å². The smallest absolute Gasteiger partial charge is 0.256 e. The molecule has 0 N–H and O–H groups in total. The van der Waals surface area contributed by atoms with Crippen LogP contribution in [0.25, 0.3) is 0 Å². The van der Waals surface area contributed by atoms with Gasteiger partial charge in [0.2, 0.25) is 0 Å². The van der Waals surface area contributed by atoms with Gasteiger partial charge in [0.05, 0.1) is 17.8 Å². The van der Waals surface area contributed by atoms with E-state index in [4.69, 9.17) is 0 Å². The van der Waals surface area contributed by atoms with E-state index in [1.165, 1.54) is 17.0 Å². The van der Waals surface area contributed by atoms with Crippen LogP contribution in [-0.4, -0.2) is 22.8 Å². The van der Waals surface area contributed by atoms with Gasteiger partial charge in [0.25, 0.3) is 5.91 Å². The fraction of sp³-hybridized carbons (Fsp3) is 0.200. The van der Waals surface area contributed by atoms with E-state index in [1.54, 1.807) is 13.1 Å². The topological polar surface area (TPSA) is 33.2 Å². The fourth-order valence-electron chi connectivity index (χ4n) is 1.87. The summed E-state index contributed by atoms with van der Waals surface area (Å²) in [7, 11) is 1.63. The van der Waals surface area contributed by atoms with Gasteiger partial charge >= 0.3 is 0 Å². The predicted octanol–water partition coefficient (Wildman–Crippen LogP) is 3.56. The summed E-state index contributed by atoms with van der Waals surface area (Å²) < 4.78 is 14.4. The van der Waals surface area contributed by atoms with Crippen LogP contribution in [0.2, 0.25) is 0 Å². The second kappa shape index (κ2) is 6.13. The molecule has 2 rings (SSSR count). The summed E-state index contributed by atoms with van der Waals surface area (Å²) in [5.41, 5.74) is 1.71. The summed E-state index contributed by atoms with van der Waals surface area (Å²) in [6.45, 7) is 2.23. The van der Waals surface area contributed by atoms with Crippen molar-refractivity contribution in [2.75, 3.05) is 7.05 Å². The Morgan fingerprint density at radius 1 is 1.35 bits per heavy atom. The lowest BCUT2D eigenvalue weighted by atomic mass is 10.2. The highest BCUT2D eigenvalue weighted by Gasteiger charge is 2.17. The van der Waals surface area contributed by atoms with Gasteiger partial charge in [-0.1, -0.05) is 22.0 Å². The van der Waals surface area contributed by atoms with Crippen molar-refractivity contribution in [2.24, 2.45) is 0 Å². The summed E-state index contributed by atoms with van der Waals surface area (Å²) >= 11 is 3.24. The van der Waals surface area contributed by atoms with Crippen molar-refractivity contribution in [2.45, 2.75) is 13.5 Å². The van der Waals surface area contributed by atoms with E-state index in [0.29, 0.717) is 11.0 Å². The number of hydrogen-bond acceptors (Lipinski definition) is 2. The molecule has 0 unspecified atom stereocenters. The Balaban J connectivity index is 2.18. The zero-order valence-corrected chi connectivity index (χ0v) is 12.8. The number of carbonyl (C=O) groups is 1. The Bertz CT molecular complexity index is 646. The second-order valence-corrected chi connectivity index (χ2v) is 5.47. The molecule has 104 valence electrons. The molecule has 5 heteroatoms. The first kappa shape index (κ1) is 14.7. The molecule has 0 bridgehead atoms. The van der Waals surface area contributed by atoms with Crippen molar-refractivity contribution >= 4 is 21.8 Å². The Morgan fingerprint density at radius 2 is 2.10 bits per heavy atom. The third kappa shape index (κ3) is 3.42. The lowest BCUT2D eigenvalue weighted by Gasteiger charge is -2.17. The van der Waals surface area contributed by atoms with E-state index in [0.717, 1.165) is 11.4 Å². The first-order chi connectivity index (χ1) is 9.47. The first-order valence-electron chi connectivity index (χ1n) is 6.10. The maximum atomic E-state index is 13.7. The van der Waals surface area contributed by atoms with Gasteiger partial charge < -0.3 is 4.90 Å². The molecule has 0 spiro atoms. The number of rotatable bonds is 3. The average molecular weight is 337 g/mol. The fourth-order valence-corrected chi connectivity index (χ4v) is 2.23. The quantitative estimate of drug-likeness (QED) is 0.858. The van der Waals surface area contributed by atoms with Gasteiger partial charge in [0, 0.05) is 17.2 Å². The number of hydrogen-bond donors (Lipinski definition) is 0. The number of halogens is 2. The van der Waals surface area contributed by atoms with Gasteiger partial charge in [-0.15, -0.1) is 0 Å². The van der Waals surface area contributed by atoms with Crippen LogP contribution < -0.4 is 0 Å². The average Bonchev–Trinajstić information content (AvgIpc) is 2.40. The summed E-state index contributed by atoms with van der Waals surface area (Å²) in [6.07, 6.45) is 0. The minimum absolute atomic E-state index is 0.0505. The van der Waals surface area contributed by atoms with Crippen LogP contribution in [0.1, 0.15) is 21.7 Å². The number of pyridine rings is 1. The molecule has 2 aromatic rings. The van der Waals surface area contributed by atoms with Gasteiger partial charge in [0.1, 0.15) is 5.82 Å². The number of nitrogens with zero attached hydrogens (tertiary/aromatic N) is 2. The standard InChI is InChI=1S/C15H14BrFN2O/c1-10-4-3-5-12(18-10)9-19(2)15(20)13-8-11(16)6-7-14(13)17/h3-8H,9H2,1-2H3. The molecular formula is C15H14BrFN2O. The molecule has 1 aromatic heterocycles. The van der Waals surface area contributed by atoms with E-state index < -0.39 is 5.82 Å². The van der Waals surface area contributed by atoms with Crippen molar-refractivity contribution in [1.82, 2.24) is 9.88 Å². The molecule has 1 heterocycles. The Kier molecular flexibility index (Phi) is 4.49. The third-order valence-electron chi connectivity index (χ3n) is 2.85. The number of aryl methyl sites for hydroxylation is 1. The number of carbonyl (C=O) groups excluding carboxylic acids is 1. The zero-order valence-electron chi connectivity index (χ0n) is 11.2. The second-order valence-electron chi connectivity index (χ2n) is 4.56. The van der Waals surface area contributed by atoms with Crippen molar-refractivity contribution < 1.29 is 9.18 Å². The van der Waals surface area contributed by atoms with Crippen molar-refractivity contribution in [3.05, 3.63) is 63.6 Å². The monoisotopic (exact) mass is 336 g/mol. The van der Waals surface area contributed by atoms with Crippen molar-refractivity contribution in [1.29, 1.82) is 0 Å². The van der Waals surface area contributed by atoms with E-state index in [1.807, 2.05) is 25.1 Å². The number of benzene rings is 1. The van der Waals surface area contributed by atoms with E-state index >= 15 is 0 Å². The predicted molar refractivity (Wildman–Crippen MR) is 78.9 cm³/mol. The minimum Gasteiger partial charge on any atom is -0.336 e. The van der Waals surface area contributed by atoms with Crippen LogP contribution in [0, 0.1) is 12.7 Å². The molecule has 3 nitrogen and oxygen atoms in total. The highest BCUT2D eigenvalue weighted by atomic mass is 79.9. The lowest BCUT2D eigenvalue weighted by molar-refractivity contribution is 0.0778. The lowest BCUT2D eigenvalue weighted by Crippen LogP contribution is -2.27. The summed E-state index contributed by atoms with van der Waals surface area (Å²) in [5.74, 6) is -0.894. The molecule has 1 amide bonds. The molecule has 20 heavy (non-hydrogen) atoms. The molecular weight excluding hydrogens is 323 g/mol. The number of aromatic nitrogens is 1. The zero-order chi connectivity index (χ0) is 14.7. The Labute approximate surface area is 125 Å². The van der Waals surface area contributed by atoms with Crippen LogP contribution in [0.5, 0.6) is 0 Å². The summed E-state index contributed by atoms with van der Waals surface area (Å²) in [4.78, 5) is 18.0. The van der Waals surface area contributed by atoms with Crippen LogP contribution in [0.15, 0.2) is 40.9 Å². The molecule has 0 saturated carbocycles. The maximum absolute atomic E-state index is 13.7. The first-order valence-corrected chi connectivity index (χ1v) is 6.89. The van der Waals surface area contributed by atoms with Gasteiger partial charge in [-0.2, -0.15) is 0 Å². The Hall–Kier alpha value is -1.75. The Morgan fingerprint density at radius 3 is 2.80 bits per heavy atom. The van der Waals surface area contributed by atoms with Crippen molar-refractivity contribution in [3.8, 4) is 0 Å². The van der Waals surface area contributed by atoms with Crippen molar-refractivity contribution in [3.63, 3.8) is 0 Å². The van der Waals surface area contributed by atoms with Crippen LogP contribution in [0.4, 0.5) is 4.39 Å². The summed E-state index contributed by atoms with van der Waals surface area (Å²) in [5, 5.41) is 0. The maximum Gasteiger partial charge on any atom is 0.256 e. The molecule has 0 fully saturated rings. The molecule has 0 radical (unpaired) electrons. The molecule has 0 aliphatic carbocycles. The van der Waals surface area contributed by atoms with Gasteiger partial charge in [0.15, 0.2) is 0 Å². The van der Waals surface area contributed by atoms with E-state index in [2.05, 4.69) is 20.9 Å². The highest BCUT2D eigenvalue weighted by molar-refractivity contribution is 9.10. The molecule has 0 aliphatic heterocycles. The molecule has 1 aromatic carbocycles. The van der Waals surface area contributed by atoms with Crippen LogP contribution >= 0.6 is 15.9 Å². The highest BCUT2D eigenvalue weighted by Crippen LogP contribution is 2.17. The van der Waals surface area contributed by atoms with E-state index in [-0.39, 0.29) is 11.5 Å². The largest absolute Gasteiger partial charge is 0.336 e. The summed E-state index contributed by atoms with van der Waals surface area (Å²) in [6, 6.07) is 9.94. The van der Waals surface area contributed by atoms with Crippen LogP contribution in [0.3, 0.4) is 0 Å².